The molecule has 0 spiro atoms. The number of hydrogen-bond donors (Lipinski definition) is 2. The Balaban J connectivity index is 0.967. The number of nitrogens with one attached hydrogen (secondary N) is 1. The van der Waals surface area contributed by atoms with Crippen LogP contribution in [0, 0.1) is 17.2 Å². The van der Waals surface area contributed by atoms with Crippen LogP contribution in [-0.2, 0) is 18.3 Å². The number of rotatable bonds is 9. The van der Waals surface area contributed by atoms with Crippen LogP contribution in [0.5, 0.6) is 5.88 Å². The topological polar surface area (TPSA) is 127 Å². The van der Waals surface area contributed by atoms with Crippen molar-refractivity contribution in [2.75, 3.05) is 26.2 Å². The molecule has 2 unspecified atom stereocenters. The normalized spacial score (nSPS) is 30.0. The van der Waals surface area contributed by atoms with Crippen LogP contribution in [0.15, 0.2) is 46.8 Å². The summed E-state index contributed by atoms with van der Waals surface area (Å²) in [5.41, 5.74) is 0.135. The van der Waals surface area contributed by atoms with E-state index in [0.29, 0.717) is 31.4 Å². The Morgan fingerprint density at radius 2 is 1.98 bits per heavy atom. The SMILES string of the molecule is N#CCC1(n2cc(C3N=CN=C4NC=CC43)cn2)CC(N2CCC(Oc3cc(CN4CCC[C@@H]4CO)cc(C(F)(F)F)n3)CC2)C1. The van der Waals surface area contributed by atoms with Crippen LogP contribution in [0.3, 0.4) is 0 Å². The highest BCUT2D eigenvalue weighted by Gasteiger charge is 2.49. The lowest BCUT2D eigenvalue weighted by Crippen LogP contribution is -2.58. The zero-order chi connectivity index (χ0) is 31.9. The number of hydrogen-bond acceptors (Lipinski definition) is 10. The van der Waals surface area contributed by atoms with Crippen LogP contribution in [0.1, 0.15) is 67.8 Å². The van der Waals surface area contributed by atoms with Gasteiger partial charge in [-0.15, -0.1) is 0 Å². The number of pyridine rings is 1. The highest BCUT2D eigenvalue weighted by Crippen LogP contribution is 2.46. The smallest absolute Gasteiger partial charge is 0.433 e. The molecular weight excluding hydrogens is 599 g/mol. The van der Waals surface area contributed by atoms with Crippen LogP contribution in [0.25, 0.3) is 0 Å². The third kappa shape index (κ3) is 6.03. The molecule has 2 saturated heterocycles. The fourth-order valence-corrected chi connectivity index (χ4v) is 7.67. The summed E-state index contributed by atoms with van der Waals surface area (Å²) < 4.78 is 49.2. The molecule has 46 heavy (non-hydrogen) atoms. The Bertz CT molecular complexity index is 1550. The van der Waals surface area contributed by atoms with Gasteiger partial charge in [-0.3, -0.25) is 19.5 Å². The number of fused-ring (bicyclic) bond motifs is 1. The summed E-state index contributed by atoms with van der Waals surface area (Å²) in [5.74, 6) is 0.922. The lowest BCUT2D eigenvalue weighted by Gasteiger charge is -2.52. The maximum atomic E-state index is 13.7. The lowest BCUT2D eigenvalue weighted by molar-refractivity contribution is -0.141. The zero-order valence-electron chi connectivity index (χ0n) is 25.5. The van der Waals surface area contributed by atoms with Crippen molar-refractivity contribution >= 4 is 12.2 Å². The summed E-state index contributed by atoms with van der Waals surface area (Å²) in [6.45, 7) is 2.54. The number of nitrogens with zero attached hydrogens (tertiary/aromatic N) is 8. The van der Waals surface area contributed by atoms with E-state index in [9.17, 15) is 23.5 Å². The number of aliphatic imine (C=N–C) groups is 2. The second-order valence-electron chi connectivity index (χ2n) is 13.1. The molecule has 1 aliphatic carbocycles. The number of piperidine rings is 1. The molecule has 0 amide bonds. The molecule has 244 valence electrons. The molecule has 0 aromatic carbocycles. The third-order valence-electron chi connectivity index (χ3n) is 10.2. The van der Waals surface area contributed by atoms with Gasteiger partial charge >= 0.3 is 6.18 Å². The van der Waals surface area contributed by atoms with Crippen molar-refractivity contribution in [3.05, 3.63) is 53.6 Å². The fraction of sp³-hybridized carbons (Fsp3) is 0.594. The molecule has 5 aliphatic rings. The Hall–Kier alpha value is -3.80. The first-order valence-corrected chi connectivity index (χ1v) is 16.0. The van der Waals surface area contributed by atoms with E-state index in [0.717, 1.165) is 62.8 Å². The Kier molecular flexibility index (Phi) is 8.33. The number of aliphatic hydroxyl groups is 1. The van der Waals surface area contributed by atoms with Crippen LogP contribution in [0.2, 0.25) is 0 Å². The number of likely N-dealkylation sites (tertiary alicyclic amines) is 2. The van der Waals surface area contributed by atoms with Gasteiger partial charge < -0.3 is 15.2 Å². The van der Waals surface area contributed by atoms with Crippen molar-refractivity contribution in [1.82, 2.24) is 29.9 Å². The number of nitriles is 1. The highest BCUT2D eigenvalue weighted by molar-refractivity contribution is 5.96. The monoisotopic (exact) mass is 637 g/mol. The van der Waals surface area contributed by atoms with Gasteiger partial charge in [0.15, 0.2) is 0 Å². The standard InChI is InChI=1S/C32H38F3N9O2/c33-32(34,35)27-12-21(17-43-9-1-2-23(43)19-45)13-28(41-27)46-25-4-10-42(11-5-25)24-14-31(15-24,6-7-36)44-18-22(16-40-44)29-26-3-8-37-30(26)39-20-38-29/h3,8,12-13,16,18,20,23-26,29,45H,1-2,4-6,9-11,14-15,17,19H2,(H,37,38,39)/t23-,24?,26?,29?,31?/m1/s1. The molecule has 0 bridgehead atoms. The van der Waals surface area contributed by atoms with Crippen molar-refractivity contribution in [1.29, 1.82) is 5.26 Å². The van der Waals surface area contributed by atoms with Crippen molar-refractivity contribution in [2.45, 2.75) is 87.4 Å². The van der Waals surface area contributed by atoms with Crippen LogP contribution in [0.4, 0.5) is 13.2 Å². The van der Waals surface area contributed by atoms with Gasteiger partial charge in [-0.05, 0) is 62.9 Å². The molecule has 11 nitrogen and oxygen atoms in total. The Morgan fingerprint density at radius 3 is 2.74 bits per heavy atom. The first-order valence-electron chi connectivity index (χ1n) is 16.0. The second-order valence-corrected chi connectivity index (χ2v) is 13.1. The summed E-state index contributed by atoms with van der Waals surface area (Å²) in [6, 6.07) is 5.20. The zero-order valence-corrected chi connectivity index (χ0v) is 25.5. The minimum Gasteiger partial charge on any atom is -0.474 e. The Morgan fingerprint density at radius 1 is 1.15 bits per heavy atom. The molecule has 2 aromatic rings. The number of aromatic nitrogens is 3. The average Bonchev–Trinajstić information content (AvgIpc) is 3.80. The van der Waals surface area contributed by atoms with Gasteiger partial charge in [-0.2, -0.15) is 23.5 Å². The van der Waals surface area contributed by atoms with Gasteiger partial charge in [0.2, 0.25) is 5.88 Å². The van der Waals surface area contributed by atoms with Gasteiger partial charge in [-0.1, -0.05) is 6.08 Å². The van der Waals surface area contributed by atoms with E-state index in [1.54, 1.807) is 12.4 Å². The quantitative estimate of drug-likeness (QED) is 0.426. The van der Waals surface area contributed by atoms with E-state index in [2.05, 4.69) is 37.3 Å². The maximum absolute atomic E-state index is 13.7. The summed E-state index contributed by atoms with van der Waals surface area (Å²) >= 11 is 0. The molecule has 14 heteroatoms. The van der Waals surface area contributed by atoms with E-state index in [1.165, 1.54) is 0 Å². The summed E-state index contributed by atoms with van der Waals surface area (Å²) in [5, 5.41) is 27.2. The van der Waals surface area contributed by atoms with E-state index in [1.807, 2.05) is 28.2 Å². The van der Waals surface area contributed by atoms with Gasteiger partial charge in [0.05, 0.1) is 42.8 Å². The average molecular weight is 638 g/mol. The summed E-state index contributed by atoms with van der Waals surface area (Å²) in [7, 11) is 0. The van der Waals surface area contributed by atoms with Gasteiger partial charge in [0.1, 0.15) is 24.0 Å². The van der Waals surface area contributed by atoms with Crippen LogP contribution >= 0.6 is 0 Å². The van der Waals surface area contributed by atoms with Crippen LogP contribution in [-0.4, -0.2) is 86.3 Å². The molecule has 1 saturated carbocycles. The van der Waals surface area contributed by atoms with Crippen molar-refractivity contribution < 1.29 is 23.0 Å². The van der Waals surface area contributed by atoms with Crippen molar-refractivity contribution in [3.8, 4) is 11.9 Å². The molecule has 4 aliphatic heterocycles. The summed E-state index contributed by atoms with van der Waals surface area (Å²) in [4.78, 5) is 17.2. The van der Waals surface area contributed by atoms with E-state index in [4.69, 9.17) is 9.84 Å². The maximum Gasteiger partial charge on any atom is 0.433 e. The number of halogens is 3. The van der Waals surface area contributed by atoms with Gasteiger partial charge in [-0.25, -0.2) is 9.98 Å². The molecule has 2 N–H and O–H groups in total. The van der Waals surface area contributed by atoms with E-state index < -0.39 is 11.9 Å². The van der Waals surface area contributed by atoms with Crippen LogP contribution < -0.4 is 10.1 Å². The van der Waals surface area contributed by atoms with E-state index in [-0.39, 0.29) is 48.2 Å². The molecule has 2 aromatic heterocycles. The number of ether oxygens (including phenoxy) is 1. The Labute approximate surface area is 265 Å². The first-order chi connectivity index (χ1) is 22.2. The molecule has 0 radical (unpaired) electrons. The minimum atomic E-state index is -4.58. The van der Waals surface area contributed by atoms with Crippen molar-refractivity contribution in [2.24, 2.45) is 15.9 Å². The third-order valence-corrected chi connectivity index (χ3v) is 10.2. The second kappa shape index (κ2) is 12.4. The van der Waals surface area contributed by atoms with Gasteiger partial charge in [0.25, 0.3) is 0 Å². The summed E-state index contributed by atoms with van der Waals surface area (Å²) in [6.07, 6.45) is 9.60. The van der Waals surface area contributed by atoms with Gasteiger partial charge in [0, 0.05) is 49.5 Å². The van der Waals surface area contributed by atoms with Crippen molar-refractivity contribution in [3.63, 3.8) is 0 Å². The molecular formula is C32H38F3N9O2. The molecule has 7 rings (SSSR count). The number of aliphatic hydroxyl groups excluding tert-OH is 1. The predicted molar refractivity (Wildman–Crippen MR) is 163 cm³/mol. The molecule has 3 fully saturated rings. The largest absolute Gasteiger partial charge is 0.474 e. The lowest BCUT2D eigenvalue weighted by atomic mass is 9.69. The number of amidine groups is 1. The predicted octanol–water partition coefficient (Wildman–Crippen LogP) is 3.78. The number of alkyl halides is 3. The highest BCUT2D eigenvalue weighted by atomic mass is 19.4. The fourth-order valence-electron chi connectivity index (χ4n) is 7.67. The first kappa shape index (κ1) is 30.8. The van der Waals surface area contributed by atoms with E-state index >= 15 is 0 Å². The molecule has 3 atom stereocenters. The minimum absolute atomic E-state index is 0.00115. The molecule has 6 heterocycles.